The van der Waals surface area contributed by atoms with Crippen molar-refractivity contribution in [1.82, 2.24) is 0 Å². The van der Waals surface area contributed by atoms with Gasteiger partial charge >= 0.3 is 13.8 Å². The minimum Gasteiger partial charge on any atom is -0.306 e. The molecular weight excluding hydrogens is 280 g/mol. The van der Waals surface area contributed by atoms with Gasteiger partial charge in [-0.15, -0.1) is 0 Å². The van der Waals surface area contributed by atoms with Gasteiger partial charge in [-0.1, -0.05) is 5.57 Å². The van der Waals surface area contributed by atoms with Crippen LogP contribution < -0.4 is 0 Å². The van der Waals surface area contributed by atoms with Crippen LogP contribution in [0.25, 0.3) is 0 Å². The average Bonchev–Trinajstić information content (AvgIpc) is 2.08. The SMILES string of the molecule is CC(C)=C(CP(=O)(OC(C)C)OC(C)C)C(F)(F)F. The Morgan fingerprint density at radius 3 is 1.63 bits per heavy atom. The summed E-state index contributed by atoms with van der Waals surface area (Å²) in [5.74, 6) is 0. The summed E-state index contributed by atoms with van der Waals surface area (Å²) >= 11 is 0. The quantitative estimate of drug-likeness (QED) is 0.515. The van der Waals surface area contributed by atoms with E-state index in [9.17, 15) is 17.7 Å². The van der Waals surface area contributed by atoms with Gasteiger partial charge < -0.3 is 9.05 Å². The van der Waals surface area contributed by atoms with Crippen LogP contribution in [0, 0.1) is 0 Å². The Labute approximate surface area is 112 Å². The number of rotatable bonds is 6. The van der Waals surface area contributed by atoms with Crippen LogP contribution in [0.4, 0.5) is 13.2 Å². The van der Waals surface area contributed by atoms with E-state index in [-0.39, 0.29) is 5.57 Å². The third-order valence-electron chi connectivity index (χ3n) is 2.04. The first-order valence-electron chi connectivity index (χ1n) is 6.07. The molecule has 0 atom stereocenters. The highest BCUT2D eigenvalue weighted by molar-refractivity contribution is 7.54. The Balaban J connectivity index is 5.32. The van der Waals surface area contributed by atoms with Crippen LogP contribution in [0.1, 0.15) is 41.5 Å². The van der Waals surface area contributed by atoms with Gasteiger partial charge in [0.05, 0.1) is 18.4 Å². The lowest BCUT2D eigenvalue weighted by Crippen LogP contribution is -2.20. The minimum absolute atomic E-state index is 0.0624. The highest BCUT2D eigenvalue weighted by Gasteiger charge is 2.41. The molecular formula is C12H22F3O3P. The zero-order valence-electron chi connectivity index (χ0n) is 12.2. The molecule has 0 rings (SSSR count). The third kappa shape index (κ3) is 7.14. The van der Waals surface area contributed by atoms with Gasteiger partial charge in [-0.2, -0.15) is 13.2 Å². The smallest absolute Gasteiger partial charge is 0.306 e. The standard InChI is InChI=1S/C12H22F3O3P/c1-8(2)11(12(13,14)15)7-19(16,17-9(3)4)18-10(5)6/h9-10H,7H2,1-6H3. The van der Waals surface area contributed by atoms with Gasteiger partial charge in [0.15, 0.2) is 0 Å². The van der Waals surface area contributed by atoms with Crippen molar-refractivity contribution in [3.05, 3.63) is 11.1 Å². The Bertz CT molecular complexity index is 355. The first kappa shape index (κ1) is 18.7. The molecule has 0 aliphatic carbocycles. The topological polar surface area (TPSA) is 35.5 Å². The van der Waals surface area contributed by atoms with Crippen molar-refractivity contribution < 1.29 is 26.8 Å². The van der Waals surface area contributed by atoms with E-state index in [1.165, 1.54) is 13.8 Å². The Kier molecular flexibility index (Phi) is 6.79. The molecule has 0 amide bonds. The van der Waals surface area contributed by atoms with Gasteiger partial charge in [0.1, 0.15) is 0 Å². The van der Waals surface area contributed by atoms with E-state index < -0.39 is 37.7 Å². The Morgan fingerprint density at radius 2 is 1.42 bits per heavy atom. The lowest BCUT2D eigenvalue weighted by atomic mass is 10.2. The fourth-order valence-corrected chi connectivity index (χ4v) is 3.83. The van der Waals surface area contributed by atoms with Gasteiger partial charge in [-0.25, -0.2) is 0 Å². The van der Waals surface area contributed by atoms with Crippen LogP contribution in [-0.2, 0) is 13.6 Å². The summed E-state index contributed by atoms with van der Waals surface area (Å²) in [5.41, 5.74) is -0.787. The molecule has 7 heteroatoms. The first-order chi connectivity index (χ1) is 8.37. The van der Waals surface area contributed by atoms with Crippen LogP contribution >= 0.6 is 7.60 Å². The van der Waals surface area contributed by atoms with Crippen LogP contribution in [-0.4, -0.2) is 24.5 Å². The molecule has 0 aliphatic rings. The lowest BCUT2D eigenvalue weighted by Gasteiger charge is -2.25. The van der Waals surface area contributed by atoms with Crippen molar-refractivity contribution in [2.75, 3.05) is 6.16 Å². The molecule has 0 unspecified atom stereocenters. The van der Waals surface area contributed by atoms with Crippen molar-refractivity contribution in [3.63, 3.8) is 0 Å². The van der Waals surface area contributed by atoms with E-state index in [1.807, 2.05) is 0 Å². The first-order valence-corrected chi connectivity index (χ1v) is 7.79. The summed E-state index contributed by atoms with van der Waals surface area (Å²) < 4.78 is 61.3. The fraction of sp³-hybridized carbons (Fsp3) is 0.833. The molecule has 0 fully saturated rings. The predicted molar refractivity (Wildman–Crippen MR) is 69.3 cm³/mol. The van der Waals surface area contributed by atoms with Crippen LogP contribution in [0.5, 0.6) is 0 Å². The molecule has 0 aromatic rings. The summed E-state index contributed by atoms with van der Waals surface area (Å²) in [6.07, 6.45) is -6.24. The third-order valence-corrected chi connectivity index (χ3v) is 4.23. The van der Waals surface area contributed by atoms with Crippen molar-refractivity contribution in [1.29, 1.82) is 0 Å². The Hall–Kier alpha value is -0.320. The van der Waals surface area contributed by atoms with Crippen molar-refractivity contribution >= 4 is 7.60 Å². The second-order valence-electron chi connectivity index (χ2n) is 5.05. The average molecular weight is 302 g/mol. The van der Waals surface area contributed by atoms with Crippen LogP contribution in [0.3, 0.4) is 0 Å². The van der Waals surface area contributed by atoms with E-state index in [0.29, 0.717) is 0 Å². The highest BCUT2D eigenvalue weighted by atomic mass is 31.2. The number of hydrogen-bond acceptors (Lipinski definition) is 3. The zero-order chi connectivity index (χ0) is 15.4. The van der Waals surface area contributed by atoms with Crippen LogP contribution in [0.15, 0.2) is 11.1 Å². The van der Waals surface area contributed by atoms with Crippen molar-refractivity contribution in [2.45, 2.75) is 59.9 Å². The lowest BCUT2D eigenvalue weighted by molar-refractivity contribution is -0.0923. The normalized spacial score (nSPS) is 13.2. The second kappa shape index (κ2) is 6.91. The van der Waals surface area contributed by atoms with E-state index in [4.69, 9.17) is 9.05 Å². The summed E-state index contributed by atoms with van der Waals surface area (Å²) in [5, 5.41) is 0. The molecule has 19 heavy (non-hydrogen) atoms. The van der Waals surface area contributed by atoms with Gasteiger partial charge in [0.25, 0.3) is 0 Å². The maximum absolute atomic E-state index is 12.9. The van der Waals surface area contributed by atoms with Gasteiger partial charge in [0, 0.05) is 5.57 Å². The van der Waals surface area contributed by atoms with E-state index in [1.54, 1.807) is 27.7 Å². The molecule has 0 aliphatic heterocycles. The van der Waals surface area contributed by atoms with E-state index >= 15 is 0 Å². The van der Waals surface area contributed by atoms with E-state index in [2.05, 4.69) is 0 Å². The minimum atomic E-state index is -4.53. The van der Waals surface area contributed by atoms with Crippen molar-refractivity contribution in [2.24, 2.45) is 0 Å². The molecule has 0 N–H and O–H groups in total. The molecule has 0 aromatic carbocycles. The summed E-state index contributed by atoms with van der Waals surface area (Å²) in [6.45, 7) is 9.08. The zero-order valence-corrected chi connectivity index (χ0v) is 13.1. The second-order valence-corrected chi connectivity index (χ2v) is 7.01. The molecule has 0 radical (unpaired) electrons. The fourth-order valence-electron chi connectivity index (χ4n) is 1.47. The van der Waals surface area contributed by atoms with Crippen molar-refractivity contribution in [3.8, 4) is 0 Å². The number of halogens is 3. The number of alkyl halides is 3. The van der Waals surface area contributed by atoms with Gasteiger partial charge in [0.2, 0.25) is 0 Å². The maximum atomic E-state index is 12.9. The molecule has 0 saturated carbocycles. The molecule has 0 heterocycles. The molecule has 114 valence electrons. The molecule has 0 bridgehead atoms. The monoisotopic (exact) mass is 302 g/mol. The summed E-state index contributed by atoms with van der Waals surface area (Å²) in [6, 6.07) is 0. The summed E-state index contributed by atoms with van der Waals surface area (Å²) in [4.78, 5) is 0. The molecule has 0 aromatic heterocycles. The predicted octanol–water partition coefficient (Wildman–Crippen LogP) is 4.93. The number of allylic oxidation sites excluding steroid dienone is 2. The van der Waals surface area contributed by atoms with Gasteiger partial charge in [-0.3, -0.25) is 4.57 Å². The number of hydrogen-bond donors (Lipinski definition) is 0. The maximum Gasteiger partial charge on any atom is 0.413 e. The molecule has 0 saturated heterocycles. The van der Waals surface area contributed by atoms with E-state index in [0.717, 1.165) is 0 Å². The van der Waals surface area contributed by atoms with Gasteiger partial charge in [-0.05, 0) is 41.5 Å². The summed E-state index contributed by atoms with van der Waals surface area (Å²) in [7, 11) is -3.82. The molecule has 0 spiro atoms. The largest absolute Gasteiger partial charge is 0.413 e. The molecule has 3 nitrogen and oxygen atoms in total. The Morgan fingerprint density at radius 1 is 1.05 bits per heavy atom. The van der Waals surface area contributed by atoms with Crippen LogP contribution in [0.2, 0.25) is 0 Å². The highest BCUT2D eigenvalue weighted by Crippen LogP contribution is 2.54.